The Bertz CT molecular complexity index is 479. The number of hydrogen-bond donors (Lipinski definition) is 1. The van der Waals surface area contributed by atoms with Gasteiger partial charge in [-0.05, 0) is 31.5 Å². The van der Waals surface area contributed by atoms with Crippen LogP contribution in [0.15, 0.2) is 18.2 Å². The summed E-state index contributed by atoms with van der Waals surface area (Å²) in [5, 5.41) is 0.549. The Kier molecular flexibility index (Phi) is 5.17. The van der Waals surface area contributed by atoms with Crippen LogP contribution >= 0.6 is 11.8 Å². The first-order valence-electron chi connectivity index (χ1n) is 7.08. The highest BCUT2D eigenvalue weighted by molar-refractivity contribution is 8.00. The van der Waals surface area contributed by atoms with Crippen LogP contribution in [-0.4, -0.2) is 41.5 Å². The van der Waals surface area contributed by atoms with E-state index >= 15 is 0 Å². The van der Waals surface area contributed by atoms with Crippen molar-refractivity contribution in [1.29, 1.82) is 0 Å². The number of nitrogens with zero attached hydrogens (tertiary/aromatic N) is 1. The minimum Gasteiger partial charge on any atom is -0.492 e. The third-order valence-electron chi connectivity index (χ3n) is 3.44. The van der Waals surface area contributed by atoms with Gasteiger partial charge < -0.3 is 15.4 Å². The number of thioether (sulfide) groups is 1. The number of amides is 1. The minimum atomic E-state index is 0.0681. The lowest BCUT2D eigenvalue weighted by Crippen LogP contribution is -2.41. The number of ether oxygens (including phenoxy) is 1. The van der Waals surface area contributed by atoms with Gasteiger partial charge in [-0.25, -0.2) is 0 Å². The van der Waals surface area contributed by atoms with Crippen molar-refractivity contribution < 1.29 is 9.53 Å². The second-order valence-electron chi connectivity index (χ2n) is 4.84. The van der Waals surface area contributed by atoms with E-state index < -0.39 is 0 Å². The average molecular weight is 294 g/mol. The van der Waals surface area contributed by atoms with Gasteiger partial charge in [-0.15, -0.1) is 0 Å². The standard InChI is InChI=1S/C15H22N2O2S/c1-3-12-10-17(7-8-20-12)15(18)11-5-6-14(19-4-2)13(16)9-11/h5-6,9,12H,3-4,7-8,10,16H2,1-2H3. The summed E-state index contributed by atoms with van der Waals surface area (Å²) >= 11 is 1.95. The van der Waals surface area contributed by atoms with Gasteiger partial charge in [-0.3, -0.25) is 4.79 Å². The fraction of sp³-hybridized carbons (Fsp3) is 0.533. The molecule has 1 amide bonds. The molecular weight excluding hydrogens is 272 g/mol. The monoisotopic (exact) mass is 294 g/mol. The number of carbonyl (C=O) groups excluding carboxylic acids is 1. The predicted octanol–water partition coefficient (Wildman–Crippen LogP) is 2.64. The minimum absolute atomic E-state index is 0.0681. The Morgan fingerprint density at radius 2 is 2.30 bits per heavy atom. The quantitative estimate of drug-likeness (QED) is 0.867. The van der Waals surface area contributed by atoms with Gasteiger partial charge in [-0.1, -0.05) is 6.92 Å². The number of nitrogen functional groups attached to an aromatic ring is 1. The molecule has 1 aromatic carbocycles. The van der Waals surface area contributed by atoms with Gasteiger partial charge in [0.25, 0.3) is 5.91 Å². The number of nitrogens with two attached hydrogens (primary N) is 1. The van der Waals surface area contributed by atoms with Crippen molar-refractivity contribution in [2.75, 3.05) is 31.2 Å². The topological polar surface area (TPSA) is 55.6 Å². The van der Waals surface area contributed by atoms with E-state index in [1.807, 2.05) is 23.6 Å². The molecule has 0 spiro atoms. The highest BCUT2D eigenvalue weighted by Crippen LogP contribution is 2.26. The summed E-state index contributed by atoms with van der Waals surface area (Å²) in [4.78, 5) is 14.4. The molecule has 0 bridgehead atoms. The van der Waals surface area contributed by atoms with Crippen molar-refractivity contribution in [3.8, 4) is 5.75 Å². The number of hydrogen-bond acceptors (Lipinski definition) is 4. The lowest BCUT2D eigenvalue weighted by atomic mass is 10.1. The fourth-order valence-corrected chi connectivity index (χ4v) is 3.48. The fourth-order valence-electron chi connectivity index (χ4n) is 2.30. The van der Waals surface area contributed by atoms with E-state index in [-0.39, 0.29) is 5.91 Å². The Hall–Kier alpha value is -1.36. The molecule has 1 fully saturated rings. The molecule has 1 unspecified atom stereocenters. The summed E-state index contributed by atoms with van der Waals surface area (Å²) in [6.45, 7) is 6.29. The molecule has 0 radical (unpaired) electrons. The molecule has 1 aliphatic heterocycles. The van der Waals surface area contributed by atoms with Crippen molar-refractivity contribution in [1.82, 2.24) is 4.90 Å². The maximum Gasteiger partial charge on any atom is 0.253 e. The van der Waals surface area contributed by atoms with Gasteiger partial charge in [0.2, 0.25) is 0 Å². The van der Waals surface area contributed by atoms with Crippen LogP contribution in [0.25, 0.3) is 0 Å². The molecule has 1 saturated heterocycles. The predicted molar refractivity (Wildman–Crippen MR) is 84.5 cm³/mol. The van der Waals surface area contributed by atoms with Crippen molar-refractivity contribution >= 4 is 23.4 Å². The zero-order chi connectivity index (χ0) is 14.5. The lowest BCUT2D eigenvalue weighted by molar-refractivity contribution is 0.0761. The van der Waals surface area contributed by atoms with Crippen LogP contribution in [0.5, 0.6) is 5.75 Å². The summed E-state index contributed by atoms with van der Waals surface area (Å²) in [5.74, 6) is 1.72. The van der Waals surface area contributed by atoms with E-state index in [4.69, 9.17) is 10.5 Å². The highest BCUT2D eigenvalue weighted by atomic mass is 32.2. The maximum atomic E-state index is 12.5. The van der Waals surface area contributed by atoms with Crippen LogP contribution in [0.3, 0.4) is 0 Å². The molecule has 5 heteroatoms. The number of anilines is 1. The van der Waals surface area contributed by atoms with Crippen LogP contribution in [0.1, 0.15) is 30.6 Å². The van der Waals surface area contributed by atoms with Gasteiger partial charge >= 0.3 is 0 Å². The van der Waals surface area contributed by atoms with Gasteiger partial charge in [0.05, 0.1) is 12.3 Å². The first-order chi connectivity index (χ1) is 9.65. The largest absolute Gasteiger partial charge is 0.492 e. The molecule has 2 rings (SSSR count). The zero-order valence-electron chi connectivity index (χ0n) is 12.1. The molecular formula is C15H22N2O2S. The van der Waals surface area contributed by atoms with E-state index in [9.17, 15) is 4.79 Å². The Morgan fingerprint density at radius 3 is 2.95 bits per heavy atom. The summed E-state index contributed by atoms with van der Waals surface area (Å²) in [6.07, 6.45) is 1.10. The second-order valence-corrected chi connectivity index (χ2v) is 6.25. The van der Waals surface area contributed by atoms with Gasteiger partial charge in [-0.2, -0.15) is 11.8 Å². The van der Waals surface area contributed by atoms with Gasteiger partial charge in [0, 0.05) is 29.7 Å². The molecule has 1 heterocycles. The Balaban J connectivity index is 2.10. The van der Waals surface area contributed by atoms with Gasteiger partial charge in [0.15, 0.2) is 0 Å². The number of benzene rings is 1. The maximum absolute atomic E-state index is 12.5. The normalized spacial score (nSPS) is 18.9. The van der Waals surface area contributed by atoms with E-state index in [0.717, 1.165) is 25.3 Å². The molecule has 1 aliphatic rings. The smallest absolute Gasteiger partial charge is 0.253 e. The van der Waals surface area contributed by atoms with Crippen molar-refractivity contribution in [2.45, 2.75) is 25.5 Å². The summed E-state index contributed by atoms with van der Waals surface area (Å²) in [5.41, 5.74) is 7.10. The van der Waals surface area contributed by atoms with Gasteiger partial charge in [0.1, 0.15) is 5.75 Å². The first kappa shape index (κ1) is 15.0. The van der Waals surface area contributed by atoms with Crippen LogP contribution in [0.2, 0.25) is 0 Å². The molecule has 20 heavy (non-hydrogen) atoms. The number of rotatable bonds is 4. The van der Waals surface area contributed by atoms with E-state index in [1.165, 1.54) is 0 Å². The lowest BCUT2D eigenvalue weighted by Gasteiger charge is -2.32. The molecule has 0 aromatic heterocycles. The molecule has 2 N–H and O–H groups in total. The SMILES string of the molecule is CCOc1ccc(C(=O)N2CCSC(CC)C2)cc1N. The molecule has 1 aromatic rings. The third-order valence-corrected chi connectivity index (χ3v) is 4.81. The van der Waals surface area contributed by atoms with Crippen molar-refractivity contribution in [3.05, 3.63) is 23.8 Å². The van der Waals surface area contributed by atoms with Crippen molar-refractivity contribution in [2.24, 2.45) is 0 Å². The number of carbonyl (C=O) groups is 1. The first-order valence-corrected chi connectivity index (χ1v) is 8.13. The van der Waals surface area contributed by atoms with Crippen LogP contribution in [0.4, 0.5) is 5.69 Å². The average Bonchev–Trinajstić information content (AvgIpc) is 2.49. The van der Waals surface area contributed by atoms with Crippen LogP contribution < -0.4 is 10.5 Å². The zero-order valence-corrected chi connectivity index (χ0v) is 12.9. The highest BCUT2D eigenvalue weighted by Gasteiger charge is 2.24. The van der Waals surface area contributed by atoms with E-state index in [1.54, 1.807) is 18.2 Å². The molecule has 4 nitrogen and oxygen atoms in total. The summed E-state index contributed by atoms with van der Waals surface area (Å²) < 4.78 is 5.40. The second kappa shape index (κ2) is 6.88. The molecule has 0 saturated carbocycles. The summed E-state index contributed by atoms with van der Waals surface area (Å²) in [7, 11) is 0. The Labute approximate surface area is 124 Å². The Morgan fingerprint density at radius 1 is 1.50 bits per heavy atom. The third kappa shape index (κ3) is 3.39. The molecule has 1 atom stereocenters. The van der Waals surface area contributed by atoms with E-state index in [2.05, 4.69) is 6.92 Å². The molecule has 110 valence electrons. The summed E-state index contributed by atoms with van der Waals surface area (Å²) in [6, 6.07) is 5.30. The van der Waals surface area contributed by atoms with Crippen LogP contribution in [0, 0.1) is 0 Å². The van der Waals surface area contributed by atoms with Crippen LogP contribution in [-0.2, 0) is 0 Å². The molecule has 0 aliphatic carbocycles. The van der Waals surface area contributed by atoms with Crippen molar-refractivity contribution in [3.63, 3.8) is 0 Å². The van der Waals surface area contributed by atoms with E-state index in [0.29, 0.717) is 28.9 Å².